The number of aromatic nitrogens is 1. The van der Waals surface area contributed by atoms with Gasteiger partial charge < -0.3 is 15.2 Å². The highest BCUT2D eigenvalue weighted by Crippen LogP contribution is 2.46. The number of imide groups is 1. The van der Waals surface area contributed by atoms with E-state index in [0.29, 0.717) is 44.6 Å². The Hall–Kier alpha value is -2.71. The number of likely N-dealkylation sites (tertiary alicyclic amines) is 1. The smallest absolute Gasteiger partial charge is 0.324 e. The number of nitrogens with one attached hydrogen (secondary N) is 2. The third-order valence-electron chi connectivity index (χ3n) is 7.18. The average molecular weight is 470 g/mol. The molecule has 7 nitrogen and oxygen atoms in total. The molecule has 3 amide bonds. The molecule has 1 aromatic carbocycles. The summed E-state index contributed by atoms with van der Waals surface area (Å²) in [6.07, 6.45) is 5.85. The van der Waals surface area contributed by atoms with Gasteiger partial charge in [-0.1, -0.05) is 6.08 Å². The highest BCUT2D eigenvalue weighted by Gasteiger charge is 2.45. The first kappa shape index (κ1) is 24.4. The Balaban J connectivity index is 1.65. The Morgan fingerprint density at radius 1 is 1.32 bits per heavy atom. The molecule has 2 aromatic rings. The lowest BCUT2D eigenvalue weighted by molar-refractivity contribution is -0.135. The number of carbonyl (C=O) groups is 2. The first-order valence-electron chi connectivity index (χ1n) is 12.2. The number of benzene rings is 1. The van der Waals surface area contributed by atoms with Crippen molar-refractivity contribution in [3.63, 3.8) is 0 Å². The molecule has 34 heavy (non-hydrogen) atoms. The van der Waals surface area contributed by atoms with Gasteiger partial charge in [-0.2, -0.15) is 0 Å². The number of halogens is 1. The first-order chi connectivity index (χ1) is 16.3. The van der Waals surface area contributed by atoms with E-state index < -0.39 is 5.92 Å². The fourth-order valence-electron chi connectivity index (χ4n) is 5.72. The molecule has 3 atom stereocenters. The number of nitrogens with zero attached hydrogens (tertiary/aromatic N) is 3. The SMILES string of the molecule is C=CCN1C[C@H](C(=O)N(CCCN(C)C)C(=O)NCC)C[C@@H]2c3c(F)ccc4[nH]cc(c34)C[C@H]21. The maximum atomic E-state index is 15.2. The maximum Gasteiger partial charge on any atom is 0.324 e. The standard InChI is InChI=1S/C26H36FN5O2/c1-5-10-31-16-18(25(33)32(26(34)28-6-2)12-7-11-30(3)4)13-19-22(31)14-17-15-29-21-9-8-20(27)24(19)23(17)21/h5,8-9,15,18-19,22,29H,1,6-7,10-14,16H2,2-4H3,(H,28,34)/t18-,19+,22-/m1/s1. The van der Waals surface area contributed by atoms with Crippen molar-refractivity contribution in [2.24, 2.45) is 5.92 Å². The van der Waals surface area contributed by atoms with Gasteiger partial charge in [-0.3, -0.25) is 14.6 Å². The zero-order valence-corrected chi connectivity index (χ0v) is 20.4. The van der Waals surface area contributed by atoms with Crippen LogP contribution in [-0.2, 0) is 11.2 Å². The number of fused-ring (bicyclic) bond motifs is 2. The van der Waals surface area contributed by atoms with E-state index in [1.807, 2.05) is 38.2 Å². The van der Waals surface area contributed by atoms with Gasteiger partial charge >= 0.3 is 6.03 Å². The molecule has 4 rings (SSSR count). The normalized spacial score (nSPS) is 22.0. The van der Waals surface area contributed by atoms with Crippen LogP contribution in [0.25, 0.3) is 10.9 Å². The minimum atomic E-state index is -0.390. The fraction of sp³-hybridized carbons (Fsp3) is 0.538. The Morgan fingerprint density at radius 3 is 2.82 bits per heavy atom. The minimum Gasteiger partial charge on any atom is -0.361 e. The third kappa shape index (κ3) is 4.61. The molecule has 0 bridgehead atoms. The van der Waals surface area contributed by atoms with Crippen LogP contribution < -0.4 is 5.32 Å². The summed E-state index contributed by atoms with van der Waals surface area (Å²) in [6, 6.07) is 3.05. The lowest BCUT2D eigenvalue weighted by atomic mass is 9.71. The molecule has 2 aliphatic rings. The van der Waals surface area contributed by atoms with Crippen molar-refractivity contribution >= 4 is 22.8 Å². The van der Waals surface area contributed by atoms with E-state index in [2.05, 4.69) is 21.8 Å². The second kappa shape index (κ2) is 10.3. The van der Waals surface area contributed by atoms with Gasteiger partial charge in [0.25, 0.3) is 0 Å². The van der Waals surface area contributed by atoms with Gasteiger partial charge in [-0.15, -0.1) is 6.58 Å². The second-order valence-electron chi connectivity index (χ2n) is 9.73. The monoisotopic (exact) mass is 469 g/mol. The van der Waals surface area contributed by atoms with E-state index in [1.165, 1.54) is 11.0 Å². The maximum absolute atomic E-state index is 15.2. The summed E-state index contributed by atoms with van der Waals surface area (Å²) < 4.78 is 15.2. The lowest BCUT2D eigenvalue weighted by Crippen LogP contribution is -2.55. The van der Waals surface area contributed by atoms with Crippen LogP contribution in [0.4, 0.5) is 9.18 Å². The number of H-pyrrole nitrogens is 1. The Kier molecular flexibility index (Phi) is 7.38. The number of hydrogen-bond donors (Lipinski definition) is 2. The molecule has 2 heterocycles. The number of rotatable bonds is 8. The summed E-state index contributed by atoms with van der Waals surface area (Å²) in [7, 11) is 3.94. The molecular weight excluding hydrogens is 433 g/mol. The number of carbonyl (C=O) groups excluding carboxylic acids is 2. The van der Waals surface area contributed by atoms with Gasteiger partial charge in [0.2, 0.25) is 5.91 Å². The van der Waals surface area contributed by atoms with Crippen molar-refractivity contribution in [1.82, 2.24) is 25.0 Å². The Bertz CT molecular complexity index is 1060. The van der Waals surface area contributed by atoms with E-state index in [0.717, 1.165) is 29.4 Å². The zero-order valence-electron chi connectivity index (χ0n) is 20.4. The van der Waals surface area contributed by atoms with Crippen molar-refractivity contribution in [3.05, 3.63) is 47.9 Å². The summed E-state index contributed by atoms with van der Waals surface area (Å²) >= 11 is 0. The molecule has 0 spiro atoms. The summed E-state index contributed by atoms with van der Waals surface area (Å²) in [5, 5.41) is 3.75. The van der Waals surface area contributed by atoms with Crippen LogP contribution in [0.15, 0.2) is 31.0 Å². The van der Waals surface area contributed by atoms with Gasteiger partial charge in [0, 0.05) is 60.8 Å². The highest BCUT2D eigenvalue weighted by molar-refractivity contribution is 5.96. The van der Waals surface area contributed by atoms with E-state index in [9.17, 15) is 9.59 Å². The molecule has 0 radical (unpaired) electrons. The summed E-state index contributed by atoms with van der Waals surface area (Å²) in [5.74, 6) is -0.906. The van der Waals surface area contributed by atoms with Crippen molar-refractivity contribution < 1.29 is 14.0 Å². The van der Waals surface area contributed by atoms with Crippen molar-refractivity contribution in [1.29, 1.82) is 0 Å². The second-order valence-corrected chi connectivity index (χ2v) is 9.73. The molecular formula is C26H36FN5O2. The molecule has 184 valence electrons. The molecule has 1 aliphatic carbocycles. The molecule has 1 fully saturated rings. The number of hydrogen-bond acceptors (Lipinski definition) is 4. The average Bonchev–Trinajstić information content (AvgIpc) is 3.21. The highest BCUT2D eigenvalue weighted by atomic mass is 19.1. The molecule has 2 N–H and O–H groups in total. The molecule has 0 unspecified atom stereocenters. The van der Waals surface area contributed by atoms with E-state index in [1.54, 1.807) is 6.07 Å². The zero-order chi connectivity index (χ0) is 24.4. The lowest BCUT2D eigenvalue weighted by Gasteiger charge is -2.47. The molecule has 1 aromatic heterocycles. The van der Waals surface area contributed by atoms with Crippen LogP contribution in [0.1, 0.15) is 36.8 Å². The topological polar surface area (TPSA) is 71.7 Å². The van der Waals surface area contributed by atoms with Crippen molar-refractivity contribution in [3.8, 4) is 0 Å². The fourth-order valence-corrected chi connectivity index (χ4v) is 5.72. The molecule has 1 saturated heterocycles. The van der Waals surface area contributed by atoms with Crippen LogP contribution in [0.5, 0.6) is 0 Å². The summed E-state index contributed by atoms with van der Waals surface area (Å²) in [5.41, 5.74) is 2.76. The van der Waals surface area contributed by atoms with Crippen LogP contribution in [0.2, 0.25) is 0 Å². The van der Waals surface area contributed by atoms with Gasteiger partial charge in [-0.25, -0.2) is 9.18 Å². The third-order valence-corrected chi connectivity index (χ3v) is 7.18. The van der Waals surface area contributed by atoms with Crippen molar-refractivity contribution in [2.75, 3.05) is 46.8 Å². The summed E-state index contributed by atoms with van der Waals surface area (Å²) in [4.78, 5) is 35.5. The number of urea groups is 1. The van der Waals surface area contributed by atoms with Crippen LogP contribution in [-0.4, -0.2) is 84.5 Å². The van der Waals surface area contributed by atoms with E-state index in [-0.39, 0.29) is 29.7 Å². The number of piperidine rings is 1. The van der Waals surface area contributed by atoms with Crippen molar-refractivity contribution in [2.45, 2.75) is 38.1 Å². The number of aromatic amines is 1. The minimum absolute atomic E-state index is 0.0945. The number of amides is 3. The molecule has 1 aliphatic heterocycles. The summed E-state index contributed by atoms with van der Waals surface area (Å²) in [6.45, 7) is 8.51. The van der Waals surface area contributed by atoms with Crippen LogP contribution >= 0.6 is 0 Å². The Morgan fingerprint density at radius 2 is 2.12 bits per heavy atom. The van der Waals surface area contributed by atoms with Gasteiger partial charge in [-0.05, 0) is 64.5 Å². The Labute approximate surface area is 201 Å². The first-order valence-corrected chi connectivity index (χ1v) is 12.2. The quantitative estimate of drug-likeness (QED) is 0.582. The van der Waals surface area contributed by atoms with Gasteiger partial charge in [0.05, 0.1) is 5.92 Å². The van der Waals surface area contributed by atoms with Gasteiger partial charge in [0.1, 0.15) is 5.82 Å². The largest absolute Gasteiger partial charge is 0.361 e. The molecule has 8 heteroatoms. The van der Waals surface area contributed by atoms with Crippen LogP contribution in [0, 0.1) is 11.7 Å². The van der Waals surface area contributed by atoms with E-state index in [4.69, 9.17) is 0 Å². The predicted molar refractivity (Wildman–Crippen MR) is 132 cm³/mol. The van der Waals surface area contributed by atoms with Gasteiger partial charge in [0.15, 0.2) is 0 Å². The molecule has 0 saturated carbocycles. The van der Waals surface area contributed by atoms with Crippen LogP contribution in [0.3, 0.4) is 0 Å². The predicted octanol–water partition coefficient (Wildman–Crippen LogP) is 3.33. The van der Waals surface area contributed by atoms with E-state index >= 15 is 4.39 Å².